The van der Waals surface area contributed by atoms with Crippen LogP contribution < -0.4 is 15.0 Å². The summed E-state index contributed by atoms with van der Waals surface area (Å²) in [7, 11) is 1.54. The molecule has 0 unspecified atom stereocenters. The smallest absolute Gasteiger partial charge is 0.265 e. The molecular weight excluding hydrogens is 264 g/mol. The molecule has 1 aromatic rings. The summed E-state index contributed by atoms with van der Waals surface area (Å²) < 4.78 is 10.1. The fraction of sp³-hybridized carbons (Fsp3) is 0.385. The van der Waals surface area contributed by atoms with E-state index in [-0.39, 0.29) is 30.7 Å². The number of nitrogens with zero attached hydrogens (tertiary/aromatic N) is 1. The number of nitrogens with one attached hydrogen (secondary N) is 1. The summed E-state index contributed by atoms with van der Waals surface area (Å²) in [5.41, 5.74) is 0.473. The van der Waals surface area contributed by atoms with Crippen molar-refractivity contribution in [1.29, 1.82) is 0 Å². The van der Waals surface area contributed by atoms with Crippen LogP contribution in [0.5, 0.6) is 11.5 Å². The molecule has 20 heavy (non-hydrogen) atoms. The number of anilines is 1. The topological polar surface area (TPSA) is 88.1 Å². The van der Waals surface area contributed by atoms with Gasteiger partial charge in [0.15, 0.2) is 6.61 Å². The molecule has 0 saturated carbocycles. The van der Waals surface area contributed by atoms with Gasteiger partial charge in [0.2, 0.25) is 5.91 Å². The number of fused-ring (bicyclic) bond motifs is 1. The lowest BCUT2D eigenvalue weighted by molar-refractivity contribution is -0.125. The monoisotopic (exact) mass is 280 g/mol. The molecule has 7 nitrogen and oxygen atoms in total. The lowest BCUT2D eigenvalue weighted by Crippen LogP contribution is -2.45. The predicted octanol–water partition coefficient (Wildman–Crippen LogP) is -0.120. The van der Waals surface area contributed by atoms with E-state index >= 15 is 0 Å². The second-order valence-corrected chi connectivity index (χ2v) is 4.26. The van der Waals surface area contributed by atoms with E-state index in [1.165, 1.54) is 17.0 Å². The third-order valence-electron chi connectivity index (χ3n) is 2.82. The molecular formula is C13H16N2O5. The number of methoxy groups -OCH3 is 1. The Morgan fingerprint density at radius 3 is 3.10 bits per heavy atom. The summed E-state index contributed by atoms with van der Waals surface area (Å²) >= 11 is 0. The molecule has 1 aliphatic rings. The third-order valence-corrected chi connectivity index (χ3v) is 2.82. The van der Waals surface area contributed by atoms with Crippen molar-refractivity contribution in [3.8, 4) is 11.5 Å². The van der Waals surface area contributed by atoms with Crippen LogP contribution in [0.3, 0.4) is 0 Å². The minimum absolute atomic E-state index is 0.0441. The molecule has 2 amide bonds. The Balaban J connectivity index is 2.07. The van der Waals surface area contributed by atoms with Crippen LogP contribution in [0.25, 0.3) is 0 Å². The first-order valence-electron chi connectivity index (χ1n) is 6.13. The molecule has 1 heterocycles. The van der Waals surface area contributed by atoms with E-state index in [0.29, 0.717) is 24.6 Å². The molecule has 108 valence electrons. The summed E-state index contributed by atoms with van der Waals surface area (Å²) in [5.74, 6) is -0.154. The second kappa shape index (κ2) is 6.25. The van der Waals surface area contributed by atoms with Crippen molar-refractivity contribution in [1.82, 2.24) is 5.32 Å². The number of benzene rings is 1. The van der Waals surface area contributed by atoms with Crippen LogP contribution in [-0.4, -0.2) is 50.3 Å². The van der Waals surface area contributed by atoms with Gasteiger partial charge in [-0.25, -0.2) is 0 Å². The summed E-state index contributed by atoms with van der Waals surface area (Å²) in [6, 6.07) is 4.40. The molecule has 0 atom stereocenters. The number of amides is 2. The van der Waals surface area contributed by atoms with Crippen LogP contribution in [-0.2, 0) is 14.3 Å². The average Bonchev–Trinajstić information content (AvgIpc) is 2.42. The zero-order valence-electron chi connectivity index (χ0n) is 11.1. The van der Waals surface area contributed by atoms with Crippen LogP contribution in [0, 0.1) is 0 Å². The standard InChI is InChI=1S/C13H16N2O5/c1-19-5-4-14-12(17)7-15-10-3-2-9(16)6-11(10)20-8-13(15)18/h2-3,6,16H,4-5,7-8H2,1H3,(H,14,17). The minimum atomic E-state index is -0.301. The minimum Gasteiger partial charge on any atom is -0.508 e. The molecule has 2 N–H and O–H groups in total. The van der Waals surface area contributed by atoms with Crippen LogP contribution in [0.1, 0.15) is 0 Å². The van der Waals surface area contributed by atoms with Gasteiger partial charge in [0.1, 0.15) is 18.0 Å². The summed E-state index contributed by atoms with van der Waals surface area (Å²) in [4.78, 5) is 24.9. The molecule has 1 aliphatic heterocycles. The predicted molar refractivity (Wildman–Crippen MR) is 70.8 cm³/mol. The Morgan fingerprint density at radius 2 is 2.35 bits per heavy atom. The zero-order valence-corrected chi connectivity index (χ0v) is 11.1. The van der Waals surface area contributed by atoms with Gasteiger partial charge >= 0.3 is 0 Å². The quantitative estimate of drug-likeness (QED) is 0.734. The van der Waals surface area contributed by atoms with Crippen LogP contribution >= 0.6 is 0 Å². The number of phenols is 1. The fourth-order valence-corrected chi connectivity index (χ4v) is 1.86. The molecule has 0 saturated heterocycles. The van der Waals surface area contributed by atoms with Crippen molar-refractivity contribution >= 4 is 17.5 Å². The summed E-state index contributed by atoms with van der Waals surface area (Å²) in [6.45, 7) is 0.551. The highest BCUT2D eigenvalue weighted by molar-refractivity contribution is 6.02. The van der Waals surface area contributed by atoms with Crippen molar-refractivity contribution in [3.63, 3.8) is 0 Å². The van der Waals surface area contributed by atoms with Gasteiger partial charge in [0.25, 0.3) is 5.91 Å². The lowest BCUT2D eigenvalue weighted by Gasteiger charge is -2.28. The van der Waals surface area contributed by atoms with Crippen molar-refractivity contribution in [2.75, 3.05) is 38.3 Å². The van der Waals surface area contributed by atoms with Crippen molar-refractivity contribution in [2.24, 2.45) is 0 Å². The maximum atomic E-state index is 11.8. The van der Waals surface area contributed by atoms with Gasteiger partial charge in [0.05, 0.1) is 12.3 Å². The zero-order chi connectivity index (χ0) is 14.5. The van der Waals surface area contributed by atoms with Gasteiger partial charge in [-0.3, -0.25) is 14.5 Å². The summed E-state index contributed by atoms with van der Waals surface area (Å²) in [6.07, 6.45) is 0. The van der Waals surface area contributed by atoms with Crippen LogP contribution in [0.15, 0.2) is 18.2 Å². The Bertz CT molecular complexity index is 517. The van der Waals surface area contributed by atoms with Gasteiger partial charge in [-0.2, -0.15) is 0 Å². The van der Waals surface area contributed by atoms with Crippen LogP contribution in [0.2, 0.25) is 0 Å². The highest BCUT2D eigenvalue weighted by Gasteiger charge is 2.27. The molecule has 0 aliphatic carbocycles. The van der Waals surface area contributed by atoms with E-state index in [9.17, 15) is 14.7 Å². The van der Waals surface area contributed by atoms with Crippen molar-refractivity contribution in [2.45, 2.75) is 0 Å². The first-order chi connectivity index (χ1) is 9.61. The normalized spacial score (nSPS) is 13.7. The molecule has 0 radical (unpaired) electrons. The highest BCUT2D eigenvalue weighted by Crippen LogP contribution is 2.34. The van der Waals surface area contributed by atoms with Gasteiger partial charge in [0, 0.05) is 19.7 Å². The summed E-state index contributed by atoms with van der Waals surface area (Å²) in [5, 5.41) is 12.0. The largest absolute Gasteiger partial charge is 0.508 e. The number of phenolic OH excluding ortho intramolecular Hbond substituents is 1. The lowest BCUT2D eigenvalue weighted by atomic mass is 10.2. The average molecular weight is 280 g/mol. The maximum Gasteiger partial charge on any atom is 0.265 e. The Labute approximate surface area is 116 Å². The molecule has 0 fully saturated rings. The first kappa shape index (κ1) is 14.1. The van der Waals surface area contributed by atoms with Crippen molar-refractivity contribution in [3.05, 3.63) is 18.2 Å². The number of ether oxygens (including phenoxy) is 2. The molecule has 0 spiro atoms. The highest BCUT2D eigenvalue weighted by atomic mass is 16.5. The molecule has 0 bridgehead atoms. The number of rotatable bonds is 5. The van der Waals surface area contributed by atoms with Crippen LogP contribution in [0.4, 0.5) is 5.69 Å². The number of hydrogen-bond acceptors (Lipinski definition) is 5. The third kappa shape index (κ3) is 3.18. The number of carbonyl (C=O) groups is 2. The number of carbonyl (C=O) groups excluding carboxylic acids is 2. The number of aromatic hydroxyl groups is 1. The Kier molecular flexibility index (Phi) is 4.41. The van der Waals surface area contributed by atoms with E-state index in [0.717, 1.165) is 0 Å². The van der Waals surface area contributed by atoms with E-state index in [2.05, 4.69) is 5.32 Å². The van der Waals surface area contributed by atoms with Gasteiger partial charge in [-0.1, -0.05) is 0 Å². The molecule has 0 aromatic heterocycles. The molecule has 7 heteroatoms. The molecule has 1 aromatic carbocycles. The van der Waals surface area contributed by atoms with Gasteiger partial charge in [-0.15, -0.1) is 0 Å². The first-order valence-corrected chi connectivity index (χ1v) is 6.13. The van der Waals surface area contributed by atoms with E-state index in [1.807, 2.05) is 0 Å². The maximum absolute atomic E-state index is 11.8. The van der Waals surface area contributed by atoms with Gasteiger partial charge in [-0.05, 0) is 12.1 Å². The SMILES string of the molecule is COCCNC(=O)CN1C(=O)COc2cc(O)ccc21. The van der Waals surface area contributed by atoms with E-state index < -0.39 is 0 Å². The fourth-order valence-electron chi connectivity index (χ4n) is 1.86. The molecule has 2 rings (SSSR count). The Hall–Kier alpha value is -2.28. The van der Waals surface area contributed by atoms with Gasteiger partial charge < -0.3 is 19.9 Å². The second-order valence-electron chi connectivity index (χ2n) is 4.26. The number of hydrogen-bond donors (Lipinski definition) is 2. The Morgan fingerprint density at radius 1 is 1.55 bits per heavy atom. The van der Waals surface area contributed by atoms with E-state index in [4.69, 9.17) is 9.47 Å². The van der Waals surface area contributed by atoms with E-state index in [1.54, 1.807) is 13.2 Å². The van der Waals surface area contributed by atoms with Crippen molar-refractivity contribution < 1.29 is 24.2 Å².